The van der Waals surface area contributed by atoms with Crippen LogP contribution >= 0.6 is 17.1 Å². The normalized spacial score (nSPS) is 36.9. The number of ether oxygens (including phenoxy) is 7. The maximum atomic E-state index is 12.7. The standard InChI is InChI=1S/C26H42N2O37S5.3ClH.Nd.Pr/c1-4(30)27-7-9(31)13(6(56-23(7)39)3-55-67(43,44)45)58-26-19(65-70(52,53)54)12(34)16(20(62-26)22(37)38)60-24-8(28-66(40,41)42)15(63-68(46,47)48)14(5(2-29)57-24)59-25-18(64-69(49,50)51)11(33)10(32)17(61-25)21(35)36;;;;;/h5-20,23-26,28-29,31-34,39H,2-3H2,1H3,(H,27,30)(H,35,36)(H,37,38)(H,40,41,42)(H,43,44,45)(H,46,47,48)(H,49,50,51)(H,52,53,54);3*1H;;/q;;;;2*+3/p-3/t5-,6+,7-,8-,9-,10-,11-,12+,13-,14-,15-,16+,17-,18+,19-,20+,23-,24+,25+,26-;;;;;/m1...../s1. The summed E-state index contributed by atoms with van der Waals surface area (Å²) in [5.74, 6) is -5.49. The van der Waals surface area contributed by atoms with Crippen molar-refractivity contribution in [1.82, 2.24) is 10.0 Å². The number of hydrogen-bond donors (Lipinski definition) is 15. The van der Waals surface area contributed by atoms with Crippen molar-refractivity contribution in [3.63, 3.8) is 0 Å². The van der Waals surface area contributed by atoms with Crippen LogP contribution in [0.3, 0.4) is 0 Å². The van der Waals surface area contributed by atoms with E-state index in [1.54, 1.807) is 0 Å². The Kier molecular flexibility index (Phi) is 28.2. The van der Waals surface area contributed by atoms with Crippen molar-refractivity contribution in [1.29, 1.82) is 0 Å². The predicted molar refractivity (Wildman–Crippen MR) is 218 cm³/mol. The number of rotatable bonds is 21. The van der Waals surface area contributed by atoms with Crippen LogP contribution in [0.5, 0.6) is 0 Å². The molecular formula is C26H42Cl3N2NdO37PrS5+3. The zero-order valence-corrected chi connectivity index (χ0v) is 49.6. The van der Waals surface area contributed by atoms with Crippen LogP contribution in [0.4, 0.5) is 0 Å². The number of hydrogen-bond acceptors (Lipinski definition) is 30. The second kappa shape index (κ2) is 29.4. The van der Waals surface area contributed by atoms with Crippen molar-refractivity contribution < 1.29 is 241 Å². The summed E-state index contributed by atoms with van der Waals surface area (Å²) in [7, 11) is -29.1. The second-order valence-electron chi connectivity index (χ2n) is 14.9. The molecule has 4 aliphatic rings. The molecule has 4 saturated heterocycles. The van der Waals surface area contributed by atoms with Gasteiger partial charge in [-0.25, -0.2) is 26.3 Å². The molecule has 49 heteroatoms. The first-order chi connectivity index (χ1) is 33.5. The largest absolute Gasteiger partial charge is 3.00 e. The van der Waals surface area contributed by atoms with Gasteiger partial charge in [-0.3, -0.25) is 27.6 Å². The molecule has 20 atom stereocenters. The third-order valence-electron chi connectivity index (χ3n) is 9.68. The Balaban J connectivity index is 0.00000371. The third-order valence-corrected chi connectivity index (χ3v) is 12.1. The number of carboxylic acid groups (broad SMARTS) is 2. The number of carbonyl (C=O) groups is 3. The zero-order chi connectivity index (χ0) is 57.0. The molecule has 0 aromatic heterocycles. The topological polar surface area (TPSA) is 610 Å². The molecule has 0 saturated carbocycles. The first kappa shape index (κ1) is 71.9. The van der Waals surface area contributed by atoms with E-state index in [0.29, 0.717) is 0 Å². The van der Waals surface area contributed by atoms with Crippen LogP contribution in [-0.2, 0) is 116 Å². The minimum atomic E-state index is -6.09. The molecule has 1 amide bonds. The van der Waals surface area contributed by atoms with Crippen molar-refractivity contribution in [2.24, 2.45) is 0 Å². The molecule has 0 bridgehead atoms. The third kappa shape index (κ3) is 22.5. The van der Waals surface area contributed by atoms with Crippen LogP contribution in [0.1, 0.15) is 6.92 Å². The van der Waals surface area contributed by atoms with Crippen molar-refractivity contribution in [2.45, 2.75) is 130 Å². The Morgan fingerprint density at radius 3 is 1.41 bits per heavy atom. The molecule has 4 aliphatic heterocycles. The molecule has 75 heavy (non-hydrogen) atoms. The molecular weight excluding hydrogens is 1480 g/mol. The van der Waals surface area contributed by atoms with Gasteiger partial charge in [-0.05, 0) is 0 Å². The smallest absolute Gasteiger partial charge is 3.00 e. The minimum absolute atomic E-state index is 0. The fourth-order valence-corrected chi connectivity index (χ4v) is 9.43. The number of amides is 1. The molecule has 0 spiro atoms. The quantitative estimate of drug-likeness (QED) is 0.0475. The second-order valence-corrected chi connectivity index (χ2v) is 36.5. The summed E-state index contributed by atoms with van der Waals surface area (Å²) in [5, 5.41) is 86.0. The van der Waals surface area contributed by atoms with Crippen LogP contribution in [0.15, 0.2) is 0 Å². The van der Waals surface area contributed by atoms with E-state index in [4.69, 9.17) is 54.9 Å². The van der Waals surface area contributed by atoms with E-state index < -0.39 is 236 Å². The summed E-state index contributed by atoms with van der Waals surface area (Å²) in [6.45, 7) is -2.24. The maximum absolute atomic E-state index is 12.7. The van der Waals surface area contributed by atoms with Gasteiger partial charge in [0.25, 0.3) is 0 Å². The molecule has 15 N–H and O–H groups in total. The average molecular weight is 1530 g/mol. The predicted octanol–water partition coefficient (Wildman–Crippen LogP) is -8.64. The number of carbonyl (C=O) groups excluding carboxylic acids is 1. The first-order valence-corrected chi connectivity index (χ1v) is 39.9. The van der Waals surface area contributed by atoms with E-state index in [1.807, 2.05) is 5.32 Å². The number of halogens is 3. The van der Waals surface area contributed by atoms with Crippen molar-refractivity contribution in [2.75, 3.05) is 13.2 Å². The number of aliphatic carboxylic acids is 2. The Morgan fingerprint density at radius 1 is 0.547 bits per heavy atom. The number of aliphatic hydroxyl groups excluding tert-OH is 6. The summed E-state index contributed by atoms with van der Waals surface area (Å²) in [4.78, 5) is 36.4. The Hall–Kier alpha value is 0.824. The van der Waals surface area contributed by atoms with Crippen molar-refractivity contribution >= 4 is 86.9 Å². The number of carboxylic acids is 2. The summed E-state index contributed by atoms with van der Waals surface area (Å²) >= 11 is -2.31. The van der Waals surface area contributed by atoms with Gasteiger partial charge in [0.1, 0.15) is 73.1 Å². The summed E-state index contributed by atoms with van der Waals surface area (Å²) < 4.78 is 222. The van der Waals surface area contributed by atoms with E-state index in [2.05, 4.69) is 16.7 Å². The number of aliphatic hydroxyl groups is 6. The van der Waals surface area contributed by atoms with E-state index in [0.717, 1.165) is 6.92 Å². The zero-order valence-electron chi connectivity index (χ0n) is 36.3. The van der Waals surface area contributed by atoms with Gasteiger partial charge in [0.2, 0.25) is 5.91 Å². The Morgan fingerprint density at radius 2 is 0.987 bits per heavy atom. The monoisotopic (exact) mass is 1520 g/mol. The van der Waals surface area contributed by atoms with Crippen LogP contribution in [0, 0.1) is 71.1 Å². The summed E-state index contributed by atoms with van der Waals surface area (Å²) in [6, 6.07) is -4.96. The SMILES string of the molecule is CC(=O)N[C@@H]1[C@@H](O)[C@H](O[C@@H]2O[C@H](C(=O)O)[C@@H](O[C@@H]3O[C@H](CO)[C@@H](O[C@H]4O[C@@H](C(=O)O)[C@H](O)[C@@H](O)[C@@H]4OS(=O)(=O)O)[C@H](OS(=O)(=O)O)[C@H]3NS(=O)(=O)O)[C@H](O)[C@H]2OS(=O)(=O)O)[C@H](COS(=O)(=O)O)O[C@H]1O.[Cl][Pr]([Cl])[Cl].[Nd+3]. The van der Waals surface area contributed by atoms with Crippen LogP contribution in [-0.4, -0.2) is 259 Å². The molecule has 0 aliphatic carbocycles. The summed E-state index contributed by atoms with van der Waals surface area (Å²) in [6.07, 6.45) is -49.1. The van der Waals surface area contributed by atoms with E-state index in [1.165, 1.54) is 4.72 Å². The number of nitrogens with one attached hydrogen (secondary N) is 2. The van der Waals surface area contributed by atoms with Gasteiger partial charge in [-0.2, -0.15) is 46.8 Å². The van der Waals surface area contributed by atoms with Gasteiger partial charge in [-0.15, -0.1) is 0 Å². The average Bonchev–Trinajstić information content (AvgIpc) is 3.20. The van der Waals surface area contributed by atoms with E-state index >= 15 is 0 Å². The Bertz CT molecular complexity index is 2520. The molecule has 0 unspecified atom stereocenters. The van der Waals surface area contributed by atoms with E-state index in [9.17, 15) is 116 Å². The van der Waals surface area contributed by atoms with Crippen LogP contribution < -0.4 is 10.0 Å². The Labute approximate surface area is 475 Å². The minimum Gasteiger partial charge on any atom is 3.00 e. The molecule has 39 nitrogen and oxygen atoms in total. The molecule has 4 heterocycles. The van der Waals surface area contributed by atoms with Gasteiger partial charge in [0, 0.05) is 6.92 Å². The summed E-state index contributed by atoms with van der Waals surface area (Å²) in [5.41, 5.74) is 15.1. The molecule has 1 radical (unpaired) electrons. The molecule has 0 aromatic carbocycles. The van der Waals surface area contributed by atoms with Gasteiger partial charge >= 0.3 is 152 Å². The van der Waals surface area contributed by atoms with Gasteiger partial charge in [0.05, 0.1) is 13.2 Å². The molecule has 0 aromatic rings. The van der Waals surface area contributed by atoms with Crippen LogP contribution in [0.2, 0.25) is 0 Å². The van der Waals surface area contributed by atoms with Crippen molar-refractivity contribution in [3.05, 3.63) is 0 Å². The van der Waals surface area contributed by atoms with Gasteiger partial charge in [0.15, 0.2) is 49.6 Å². The maximum Gasteiger partial charge on any atom is 3.00 e. The van der Waals surface area contributed by atoms with E-state index in [-0.39, 0.29) is 40.8 Å². The molecule has 4 fully saturated rings. The molecule has 4 rings (SSSR count). The fraction of sp³-hybridized carbons (Fsp3) is 0.885. The fourth-order valence-electron chi connectivity index (χ4n) is 7.05. The van der Waals surface area contributed by atoms with Crippen LogP contribution in [0.25, 0.3) is 0 Å². The first-order valence-electron chi connectivity index (χ1n) is 19.1. The molecule has 433 valence electrons. The van der Waals surface area contributed by atoms with Gasteiger partial charge < -0.3 is 79.3 Å². The van der Waals surface area contributed by atoms with Gasteiger partial charge in [-0.1, -0.05) is 0 Å². The van der Waals surface area contributed by atoms with Crippen molar-refractivity contribution in [3.8, 4) is 0 Å².